The van der Waals surface area contributed by atoms with Crippen molar-refractivity contribution in [2.24, 2.45) is 0 Å². The molecule has 0 saturated carbocycles. The van der Waals surface area contributed by atoms with E-state index in [1.165, 1.54) is 12.1 Å². The molecule has 9 N–H and O–H groups in total. The number of phenols is 3. The first-order chi connectivity index (χ1) is 8.40. The van der Waals surface area contributed by atoms with E-state index in [9.17, 15) is 15.3 Å². The molecule has 2 aromatic carbocycles. The summed E-state index contributed by atoms with van der Waals surface area (Å²) in [5.74, 6) is -0.808. The highest BCUT2D eigenvalue weighted by atomic mass is 16.3. The van der Waals surface area contributed by atoms with Crippen LogP contribution < -0.4 is 17.2 Å². The van der Waals surface area contributed by atoms with Gasteiger partial charge in [-0.1, -0.05) is 0 Å². The zero-order valence-electron chi connectivity index (χ0n) is 9.38. The van der Waals surface area contributed by atoms with E-state index in [1.807, 2.05) is 0 Å². The number of nitrogen functional groups attached to an aromatic ring is 3. The Hall–Kier alpha value is -2.76. The SMILES string of the molecule is Nc1cc(-c2c(O)cc(O)cc2O)cc(N)c1N. The lowest BCUT2D eigenvalue weighted by Gasteiger charge is -2.11. The lowest BCUT2D eigenvalue weighted by atomic mass is 10.0. The monoisotopic (exact) mass is 247 g/mol. The van der Waals surface area contributed by atoms with Crippen LogP contribution in [-0.4, -0.2) is 15.3 Å². The van der Waals surface area contributed by atoms with Gasteiger partial charge in [0.2, 0.25) is 0 Å². The van der Waals surface area contributed by atoms with Crippen LogP contribution in [0.2, 0.25) is 0 Å². The summed E-state index contributed by atoms with van der Waals surface area (Å²) >= 11 is 0. The Labute approximate surface area is 103 Å². The second kappa shape index (κ2) is 3.92. The van der Waals surface area contributed by atoms with Crippen LogP contribution in [0.15, 0.2) is 24.3 Å². The molecular formula is C12H13N3O3. The summed E-state index contributed by atoms with van der Waals surface area (Å²) in [6.45, 7) is 0. The normalized spacial score (nSPS) is 10.4. The largest absolute Gasteiger partial charge is 0.508 e. The number of benzene rings is 2. The van der Waals surface area contributed by atoms with Gasteiger partial charge in [-0.15, -0.1) is 0 Å². The fourth-order valence-electron chi connectivity index (χ4n) is 1.74. The Morgan fingerprint density at radius 1 is 0.722 bits per heavy atom. The topological polar surface area (TPSA) is 139 Å². The number of nitrogens with two attached hydrogens (primary N) is 3. The molecule has 0 spiro atoms. The van der Waals surface area contributed by atoms with Crippen molar-refractivity contribution in [2.45, 2.75) is 0 Å². The van der Waals surface area contributed by atoms with E-state index in [1.54, 1.807) is 0 Å². The Morgan fingerprint density at radius 2 is 1.17 bits per heavy atom. The number of hydrogen-bond acceptors (Lipinski definition) is 6. The summed E-state index contributed by atoms with van der Waals surface area (Å²) in [6.07, 6.45) is 0. The highest BCUT2D eigenvalue weighted by Gasteiger charge is 2.14. The summed E-state index contributed by atoms with van der Waals surface area (Å²) in [5.41, 5.74) is 18.2. The quantitative estimate of drug-likeness (QED) is 0.419. The zero-order chi connectivity index (χ0) is 13.4. The smallest absolute Gasteiger partial charge is 0.130 e. The summed E-state index contributed by atoms with van der Waals surface area (Å²) in [7, 11) is 0. The van der Waals surface area contributed by atoms with Crippen LogP contribution in [0.25, 0.3) is 11.1 Å². The van der Waals surface area contributed by atoms with E-state index in [0.29, 0.717) is 5.56 Å². The molecule has 0 radical (unpaired) electrons. The average molecular weight is 247 g/mol. The maximum absolute atomic E-state index is 9.74. The number of phenolic OH excluding ortho intramolecular Hbond substituents is 3. The second-order valence-corrected chi connectivity index (χ2v) is 3.93. The molecular weight excluding hydrogens is 234 g/mol. The maximum Gasteiger partial charge on any atom is 0.130 e. The minimum Gasteiger partial charge on any atom is -0.508 e. The first-order valence-electron chi connectivity index (χ1n) is 5.10. The van der Waals surface area contributed by atoms with Gasteiger partial charge in [-0.25, -0.2) is 0 Å². The fourth-order valence-corrected chi connectivity index (χ4v) is 1.74. The van der Waals surface area contributed by atoms with Gasteiger partial charge in [0.1, 0.15) is 17.2 Å². The molecule has 0 aliphatic rings. The lowest BCUT2D eigenvalue weighted by molar-refractivity contribution is 0.430. The predicted molar refractivity (Wildman–Crippen MR) is 70.1 cm³/mol. The van der Waals surface area contributed by atoms with Gasteiger partial charge in [0.15, 0.2) is 0 Å². The number of hydrogen-bond donors (Lipinski definition) is 6. The van der Waals surface area contributed by atoms with Crippen molar-refractivity contribution in [1.29, 1.82) is 0 Å². The summed E-state index contributed by atoms with van der Waals surface area (Å²) in [6, 6.07) is 5.19. The number of rotatable bonds is 1. The van der Waals surface area contributed by atoms with Crippen molar-refractivity contribution < 1.29 is 15.3 Å². The molecule has 6 heteroatoms. The van der Waals surface area contributed by atoms with Crippen molar-refractivity contribution in [1.82, 2.24) is 0 Å². The van der Waals surface area contributed by atoms with Crippen LogP contribution in [0, 0.1) is 0 Å². The van der Waals surface area contributed by atoms with E-state index in [0.717, 1.165) is 12.1 Å². The van der Waals surface area contributed by atoms with E-state index >= 15 is 0 Å². The van der Waals surface area contributed by atoms with Crippen LogP contribution in [0.3, 0.4) is 0 Å². The molecule has 0 saturated heterocycles. The summed E-state index contributed by atoms with van der Waals surface area (Å²) in [5, 5.41) is 28.7. The van der Waals surface area contributed by atoms with Gasteiger partial charge in [0.25, 0.3) is 0 Å². The first kappa shape index (κ1) is 11.7. The van der Waals surface area contributed by atoms with Crippen LogP contribution in [0.5, 0.6) is 17.2 Å². The van der Waals surface area contributed by atoms with Crippen molar-refractivity contribution >= 4 is 17.1 Å². The maximum atomic E-state index is 9.74. The van der Waals surface area contributed by atoms with E-state index in [4.69, 9.17) is 17.2 Å². The van der Waals surface area contributed by atoms with Crippen LogP contribution in [-0.2, 0) is 0 Å². The van der Waals surface area contributed by atoms with E-state index in [2.05, 4.69) is 0 Å². The van der Waals surface area contributed by atoms with Crippen molar-refractivity contribution in [2.75, 3.05) is 17.2 Å². The van der Waals surface area contributed by atoms with Crippen molar-refractivity contribution in [3.05, 3.63) is 24.3 Å². The van der Waals surface area contributed by atoms with Gasteiger partial charge in [0, 0.05) is 12.1 Å². The highest BCUT2D eigenvalue weighted by Crippen LogP contribution is 2.42. The molecule has 6 nitrogen and oxygen atoms in total. The van der Waals surface area contributed by atoms with Gasteiger partial charge >= 0.3 is 0 Å². The van der Waals surface area contributed by atoms with Gasteiger partial charge in [-0.3, -0.25) is 0 Å². The van der Waals surface area contributed by atoms with Gasteiger partial charge < -0.3 is 32.5 Å². The van der Waals surface area contributed by atoms with E-state index < -0.39 is 0 Å². The Kier molecular flexibility index (Phi) is 2.55. The van der Waals surface area contributed by atoms with Crippen molar-refractivity contribution in [3.8, 4) is 28.4 Å². The van der Waals surface area contributed by atoms with Gasteiger partial charge in [0.05, 0.1) is 22.6 Å². The van der Waals surface area contributed by atoms with Gasteiger partial charge in [-0.05, 0) is 17.7 Å². The molecule has 0 aliphatic carbocycles. The van der Waals surface area contributed by atoms with Crippen LogP contribution in [0.4, 0.5) is 17.1 Å². The minimum atomic E-state index is -0.281. The fraction of sp³-hybridized carbons (Fsp3) is 0. The molecule has 94 valence electrons. The minimum absolute atomic E-state index is 0.131. The van der Waals surface area contributed by atoms with Crippen molar-refractivity contribution in [3.63, 3.8) is 0 Å². The molecule has 18 heavy (non-hydrogen) atoms. The highest BCUT2D eigenvalue weighted by molar-refractivity contribution is 5.88. The lowest BCUT2D eigenvalue weighted by Crippen LogP contribution is -2.00. The summed E-state index contributed by atoms with van der Waals surface area (Å²) in [4.78, 5) is 0. The third kappa shape index (κ3) is 1.80. The standard InChI is InChI=1S/C12H13N3O3/c13-7-1-5(2-8(14)12(7)15)11-9(17)3-6(16)4-10(11)18/h1-4,16-18H,13-15H2. The third-order valence-corrected chi connectivity index (χ3v) is 2.61. The predicted octanol–water partition coefficient (Wildman–Crippen LogP) is 1.22. The molecule has 0 heterocycles. The number of aromatic hydroxyl groups is 3. The zero-order valence-corrected chi connectivity index (χ0v) is 9.38. The summed E-state index contributed by atoms with van der Waals surface area (Å²) < 4.78 is 0. The first-order valence-corrected chi connectivity index (χ1v) is 5.10. The van der Waals surface area contributed by atoms with Crippen LogP contribution in [0.1, 0.15) is 0 Å². The third-order valence-electron chi connectivity index (χ3n) is 2.61. The second-order valence-electron chi connectivity index (χ2n) is 3.93. The molecule has 2 rings (SSSR count). The van der Waals surface area contributed by atoms with Crippen LogP contribution >= 0.6 is 0 Å². The Morgan fingerprint density at radius 3 is 1.61 bits per heavy atom. The molecule has 2 aromatic rings. The molecule has 0 aliphatic heterocycles. The van der Waals surface area contributed by atoms with Gasteiger partial charge in [-0.2, -0.15) is 0 Å². The Bertz CT molecular complexity index is 580. The molecule has 0 unspecified atom stereocenters. The number of anilines is 3. The molecule has 0 aromatic heterocycles. The van der Waals surface area contributed by atoms with E-state index in [-0.39, 0.29) is 39.9 Å². The average Bonchev–Trinajstić information content (AvgIpc) is 2.24. The molecule has 0 amide bonds. The molecule has 0 atom stereocenters. The molecule has 0 fully saturated rings. The molecule has 0 bridgehead atoms. The Balaban J connectivity index is 2.70.